The second-order valence-electron chi connectivity index (χ2n) is 5.72. The monoisotopic (exact) mass is 393 g/mol. The Labute approximate surface area is 161 Å². The zero-order valence-electron chi connectivity index (χ0n) is 14.4. The highest BCUT2D eigenvalue weighted by Crippen LogP contribution is 2.24. The van der Waals surface area contributed by atoms with Crippen LogP contribution in [0.25, 0.3) is 0 Å². The van der Waals surface area contributed by atoms with E-state index in [1.165, 1.54) is 18.0 Å². The molecule has 1 fully saturated rings. The van der Waals surface area contributed by atoms with Gasteiger partial charge in [0, 0.05) is 29.1 Å². The average Bonchev–Trinajstić information content (AvgIpc) is 3.13. The van der Waals surface area contributed by atoms with Crippen LogP contribution >= 0.6 is 23.4 Å². The van der Waals surface area contributed by atoms with E-state index in [1.54, 1.807) is 12.1 Å². The Morgan fingerprint density at radius 2 is 2.00 bits per heavy atom. The van der Waals surface area contributed by atoms with Gasteiger partial charge in [-0.15, -0.1) is 11.8 Å². The van der Waals surface area contributed by atoms with E-state index in [2.05, 4.69) is 15.4 Å². The van der Waals surface area contributed by atoms with Gasteiger partial charge in [0.1, 0.15) is 5.76 Å². The van der Waals surface area contributed by atoms with Gasteiger partial charge in [-0.2, -0.15) is 5.10 Å². The van der Waals surface area contributed by atoms with Gasteiger partial charge in [0.15, 0.2) is 5.88 Å². The molecule has 1 aromatic heterocycles. The normalized spacial score (nSPS) is 16.0. The Morgan fingerprint density at radius 1 is 1.27 bits per heavy atom. The number of thioether (sulfide) groups is 1. The van der Waals surface area contributed by atoms with Crippen LogP contribution in [0.2, 0.25) is 5.02 Å². The fraction of sp³-hybridized carbons (Fsp3) is 0.333. The number of hydrazone groups is 1. The molecule has 0 radical (unpaired) electrons. The maximum Gasteiger partial charge on any atom is 0.253 e. The van der Waals surface area contributed by atoms with Crippen molar-refractivity contribution >= 4 is 41.4 Å². The van der Waals surface area contributed by atoms with Crippen molar-refractivity contribution in [2.45, 2.75) is 17.1 Å². The molecule has 138 valence electrons. The van der Waals surface area contributed by atoms with Gasteiger partial charge in [0.05, 0.1) is 24.7 Å². The van der Waals surface area contributed by atoms with Crippen LogP contribution in [0.3, 0.4) is 0 Å². The van der Waals surface area contributed by atoms with Gasteiger partial charge in [-0.25, -0.2) is 5.43 Å². The molecule has 0 unspecified atom stereocenters. The minimum atomic E-state index is -0.283. The highest BCUT2D eigenvalue weighted by molar-refractivity contribution is 8.00. The largest absolute Gasteiger partial charge is 0.440 e. The van der Waals surface area contributed by atoms with Crippen LogP contribution in [0.5, 0.6) is 0 Å². The van der Waals surface area contributed by atoms with Crippen LogP contribution < -0.4 is 10.3 Å². The van der Waals surface area contributed by atoms with E-state index < -0.39 is 0 Å². The minimum Gasteiger partial charge on any atom is -0.440 e. The molecular weight excluding hydrogens is 374 g/mol. The molecule has 1 saturated heterocycles. The van der Waals surface area contributed by atoms with E-state index in [-0.39, 0.29) is 11.2 Å². The zero-order chi connectivity index (χ0) is 18.4. The molecule has 1 aliphatic rings. The highest BCUT2D eigenvalue weighted by atomic mass is 35.5. The number of hydrogen-bond acceptors (Lipinski definition) is 6. The summed E-state index contributed by atoms with van der Waals surface area (Å²) < 4.78 is 11.0. The van der Waals surface area contributed by atoms with E-state index in [1.807, 2.05) is 31.2 Å². The number of morpholine rings is 1. The number of benzene rings is 1. The molecule has 1 aliphatic heterocycles. The second kappa shape index (κ2) is 9.12. The molecule has 3 rings (SSSR count). The van der Waals surface area contributed by atoms with Crippen LogP contribution in [0.1, 0.15) is 12.7 Å². The number of hydrogen-bond donors (Lipinski definition) is 1. The number of nitrogens with one attached hydrogen (secondary N) is 1. The lowest BCUT2D eigenvalue weighted by molar-refractivity contribution is -0.120. The van der Waals surface area contributed by atoms with Crippen molar-refractivity contribution in [2.75, 3.05) is 31.2 Å². The number of amides is 1. The number of carbonyl (C=O) groups excluding carboxylic acids is 1. The third-order valence-electron chi connectivity index (χ3n) is 3.80. The lowest BCUT2D eigenvalue weighted by atomic mass is 10.4. The van der Waals surface area contributed by atoms with Gasteiger partial charge < -0.3 is 14.1 Å². The number of halogens is 1. The summed E-state index contributed by atoms with van der Waals surface area (Å²) in [5.74, 6) is 1.19. The molecule has 0 aliphatic carbocycles. The van der Waals surface area contributed by atoms with Crippen molar-refractivity contribution in [3.63, 3.8) is 0 Å². The molecule has 0 saturated carbocycles. The summed E-state index contributed by atoms with van der Waals surface area (Å²) in [7, 11) is 0. The summed E-state index contributed by atoms with van der Waals surface area (Å²) in [6.45, 7) is 4.83. The Hall–Kier alpha value is -1.96. The standard InChI is InChI=1S/C18H20ClN3O3S/c1-13(26-16-5-2-14(19)3-6-16)18(23)21-20-12-15-4-7-17(25-15)22-8-10-24-11-9-22/h2-7,12-13H,8-11H2,1H3,(H,21,23)/b20-12-/t13-/m1/s1. The van der Waals surface area contributed by atoms with Crippen LogP contribution in [-0.2, 0) is 9.53 Å². The molecule has 26 heavy (non-hydrogen) atoms. The maximum atomic E-state index is 12.1. The predicted molar refractivity (Wildman–Crippen MR) is 104 cm³/mol. The van der Waals surface area contributed by atoms with Gasteiger partial charge in [-0.05, 0) is 37.3 Å². The van der Waals surface area contributed by atoms with Crippen LogP contribution in [0.4, 0.5) is 5.88 Å². The first-order valence-electron chi connectivity index (χ1n) is 8.29. The van der Waals surface area contributed by atoms with Crippen molar-refractivity contribution in [2.24, 2.45) is 5.10 Å². The van der Waals surface area contributed by atoms with Gasteiger partial charge in [0.2, 0.25) is 0 Å². The third kappa shape index (κ3) is 5.27. The Balaban J connectivity index is 1.48. The van der Waals surface area contributed by atoms with Gasteiger partial charge in [0.25, 0.3) is 5.91 Å². The smallest absolute Gasteiger partial charge is 0.253 e. The minimum absolute atomic E-state index is 0.179. The molecule has 6 nitrogen and oxygen atoms in total. The van der Waals surface area contributed by atoms with Gasteiger partial charge >= 0.3 is 0 Å². The van der Waals surface area contributed by atoms with Crippen molar-refractivity contribution in [1.29, 1.82) is 0 Å². The third-order valence-corrected chi connectivity index (χ3v) is 5.16. The summed E-state index contributed by atoms with van der Waals surface area (Å²) in [5.41, 5.74) is 2.54. The lowest BCUT2D eigenvalue weighted by Crippen LogP contribution is -2.35. The van der Waals surface area contributed by atoms with E-state index in [4.69, 9.17) is 20.8 Å². The molecule has 1 aromatic carbocycles. The highest BCUT2D eigenvalue weighted by Gasteiger charge is 2.15. The van der Waals surface area contributed by atoms with Crippen molar-refractivity contribution in [3.8, 4) is 0 Å². The predicted octanol–water partition coefficient (Wildman–Crippen LogP) is 3.40. The first-order valence-corrected chi connectivity index (χ1v) is 9.55. The molecule has 1 atom stereocenters. The molecule has 2 aromatic rings. The van der Waals surface area contributed by atoms with Crippen LogP contribution in [0, 0.1) is 0 Å². The molecule has 0 spiro atoms. The number of furan rings is 1. The molecular formula is C18H20ClN3O3S. The number of anilines is 1. The molecule has 2 heterocycles. The van der Waals surface area contributed by atoms with Crippen LogP contribution in [0.15, 0.2) is 50.8 Å². The van der Waals surface area contributed by atoms with Gasteiger partial charge in [-0.1, -0.05) is 11.6 Å². The average molecular weight is 394 g/mol. The fourth-order valence-corrected chi connectivity index (χ4v) is 3.37. The van der Waals surface area contributed by atoms with Crippen molar-refractivity contribution in [3.05, 3.63) is 47.2 Å². The lowest BCUT2D eigenvalue weighted by Gasteiger charge is -2.26. The summed E-state index contributed by atoms with van der Waals surface area (Å²) in [6, 6.07) is 11.1. The van der Waals surface area contributed by atoms with Crippen molar-refractivity contribution in [1.82, 2.24) is 5.43 Å². The first-order chi connectivity index (χ1) is 12.6. The molecule has 1 N–H and O–H groups in total. The van der Waals surface area contributed by atoms with E-state index in [0.29, 0.717) is 24.0 Å². The van der Waals surface area contributed by atoms with Crippen LogP contribution in [-0.4, -0.2) is 43.7 Å². The summed E-state index contributed by atoms with van der Waals surface area (Å²) in [5, 5.41) is 4.37. The Bertz CT molecular complexity index is 757. The number of rotatable bonds is 6. The molecule has 0 bridgehead atoms. The molecule has 1 amide bonds. The van der Waals surface area contributed by atoms with E-state index in [9.17, 15) is 4.79 Å². The summed E-state index contributed by atoms with van der Waals surface area (Å²) in [6.07, 6.45) is 1.50. The topological polar surface area (TPSA) is 67.1 Å². The van der Waals surface area contributed by atoms with E-state index in [0.717, 1.165) is 23.9 Å². The maximum absolute atomic E-state index is 12.1. The zero-order valence-corrected chi connectivity index (χ0v) is 15.9. The summed E-state index contributed by atoms with van der Waals surface area (Å²) in [4.78, 5) is 15.2. The fourth-order valence-electron chi connectivity index (χ4n) is 2.39. The number of ether oxygens (including phenoxy) is 1. The molecule has 8 heteroatoms. The SMILES string of the molecule is C[C@@H](Sc1ccc(Cl)cc1)C(=O)N/N=C\c1ccc(N2CCOCC2)o1. The van der Waals surface area contributed by atoms with E-state index >= 15 is 0 Å². The number of nitrogens with zero attached hydrogens (tertiary/aromatic N) is 2. The van der Waals surface area contributed by atoms with Gasteiger partial charge in [-0.3, -0.25) is 4.79 Å². The summed E-state index contributed by atoms with van der Waals surface area (Å²) >= 11 is 7.31. The Morgan fingerprint density at radius 3 is 2.73 bits per heavy atom. The quantitative estimate of drug-likeness (QED) is 0.463. The second-order valence-corrected chi connectivity index (χ2v) is 7.57. The first kappa shape index (κ1) is 18.8. The Kier molecular flexibility index (Phi) is 6.60. The van der Waals surface area contributed by atoms with Crippen molar-refractivity contribution < 1.29 is 13.9 Å². The number of carbonyl (C=O) groups is 1.